The first-order valence-corrected chi connectivity index (χ1v) is 12.3. The summed E-state index contributed by atoms with van der Waals surface area (Å²) in [6.07, 6.45) is 1.24. The molecule has 0 radical (unpaired) electrons. The van der Waals surface area contributed by atoms with Crippen LogP contribution in [0.15, 0.2) is 50.2 Å². The summed E-state index contributed by atoms with van der Waals surface area (Å²) in [4.78, 5) is 37.9. The Kier molecular flexibility index (Phi) is 8.61. The summed E-state index contributed by atoms with van der Waals surface area (Å²) < 4.78 is 18.1. The quantitative estimate of drug-likeness (QED) is 0.281. The standard InChI is InChI=1S/C23H21Br2NO6S/c1-13(2)32-20(27)11-26-22(28)19(33-23(26)29)10-15-8-17(25)21(18(9-15)30-3)31-12-14-4-6-16(24)7-5-14/h4-10,13H,11-12H2,1-3H3/b19-10+. The number of carbonyl (C=O) groups excluding carboxylic acids is 3. The number of thioether (sulfide) groups is 1. The van der Waals surface area contributed by atoms with Crippen molar-refractivity contribution in [1.82, 2.24) is 4.90 Å². The van der Waals surface area contributed by atoms with E-state index in [1.807, 2.05) is 24.3 Å². The van der Waals surface area contributed by atoms with Crippen LogP contribution in [0.5, 0.6) is 11.5 Å². The number of amides is 2. The van der Waals surface area contributed by atoms with Gasteiger partial charge in [-0.2, -0.15) is 0 Å². The molecule has 33 heavy (non-hydrogen) atoms. The molecule has 0 saturated carbocycles. The van der Waals surface area contributed by atoms with Crippen LogP contribution in [0.2, 0.25) is 0 Å². The molecule has 0 aliphatic carbocycles. The lowest BCUT2D eigenvalue weighted by atomic mass is 10.1. The Bertz CT molecular complexity index is 1100. The van der Waals surface area contributed by atoms with Crippen molar-refractivity contribution in [2.45, 2.75) is 26.6 Å². The Hall–Kier alpha value is -2.30. The van der Waals surface area contributed by atoms with Gasteiger partial charge in [0.15, 0.2) is 11.5 Å². The molecular weight excluding hydrogens is 578 g/mol. The fourth-order valence-corrected chi connectivity index (χ4v) is 4.59. The van der Waals surface area contributed by atoms with Gasteiger partial charge >= 0.3 is 5.97 Å². The van der Waals surface area contributed by atoms with E-state index >= 15 is 0 Å². The molecule has 2 aromatic carbocycles. The number of nitrogens with zero attached hydrogens (tertiary/aromatic N) is 1. The fourth-order valence-electron chi connectivity index (χ4n) is 2.92. The first kappa shape index (κ1) is 25.3. The SMILES string of the molecule is COc1cc(/C=C2/SC(=O)N(CC(=O)OC(C)C)C2=O)cc(Br)c1OCc1ccc(Br)cc1. The van der Waals surface area contributed by atoms with Crippen LogP contribution in [-0.2, 0) is 20.9 Å². The molecule has 2 aromatic rings. The lowest BCUT2D eigenvalue weighted by molar-refractivity contribution is -0.149. The third kappa shape index (κ3) is 6.61. The van der Waals surface area contributed by atoms with Gasteiger partial charge < -0.3 is 14.2 Å². The van der Waals surface area contributed by atoms with Crippen molar-refractivity contribution in [1.29, 1.82) is 0 Å². The Labute approximate surface area is 212 Å². The highest BCUT2D eigenvalue weighted by atomic mass is 79.9. The number of imide groups is 1. The molecule has 2 amide bonds. The minimum absolute atomic E-state index is 0.204. The van der Waals surface area contributed by atoms with E-state index in [2.05, 4.69) is 31.9 Å². The third-order valence-corrected chi connectivity index (χ3v) is 6.40. The number of benzene rings is 2. The Morgan fingerprint density at radius 2 is 1.85 bits per heavy atom. The van der Waals surface area contributed by atoms with E-state index in [0.717, 1.165) is 26.7 Å². The molecule has 174 valence electrons. The van der Waals surface area contributed by atoms with E-state index in [1.165, 1.54) is 7.11 Å². The van der Waals surface area contributed by atoms with Gasteiger partial charge in [0.1, 0.15) is 13.2 Å². The highest BCUT2D eigenvalue weighted by molar-refractivity contribution is 9.10. The van der Waals surface area contributed by atoms with Gasteiger partial charge in [0.05, 0.1) is 22.6 Å². The molecule has 0 unspecified atom stereocenters. The molecule has 10 heteroatoms. The van der Waals surface area contributed by atoms with Crippen LogP contribution < -0.4 is 9.47 Å². The first-order chi connectivity index (χ1) is 15.7. The second-order valence-corrected chi connectivity index (χ2v) is 10.0. The highest BCUT2D eigenvalue weighted by Crippen LogP contribution is 2.39. The predicted octanol–water partition coefficient (Wildman–Crippen LogP) is 5.79. The van der Waals surface area contributed by atoms with E-state index in [1.54, 1.807) is 32.1 Å². The van der Waals surface area contributed by atoms with E-state index in [9.17, 15) is 14.4 Å². The number of carbonyl (C=O) groups is 3. The maximum absolute atomic E-state index is 12.7. The summed E-state index contributed by atoms with van der Waals surface area (Å²) in [5.74, 6) is -0.198. The van der Waals surface area contributed by atoms with Gasteiger partial charge in [-0.3, -0.25) is 19.3 Å². The van der Waals surface area contributed by atoms with Gasteiger partial charge in [0.25, 0.3) is 11.1 Å². The van der Waals surface area contributed by atoms with Crippen molar-refractivity contribution in [2.75, 3.05) is 13.7 Å². The number of methoxy groups -OCH3 is 1. The minimum Gasteiger partial charge on any atom is -0.493 e. The fraction of sp³-hybridized carbons (Fsp3) is 0.261. The molecule has 0 spiro atoms. The average molecular weight is 599 g/mol. The molecule has 1 saturated heterocycles. The molecule has 7 nitrogen and oxygen atoms in total. The van der Waals surface area contributed by atoms with Gasteiger partial charge in [-0.05, 0) is 83.0 Å². The Balaban J connectivity index is 1.77. The van der Waals surface area contributed by atoms with Gasteiger partial charge in [-0.25, -0.2) is 0 Å². The van der Waals surface area contributed by atoms with Crippen LogP contribution in [0.1, 0.15) is 25.0 Å². The van der Waals surface area contributed by atoms with E-state index < -0.39 is 23.7 Å². The summed E-state index contributed by atoms with van der Waals surface area (Å²) in [7, 11) is 1.52. The maximum Gasteiger partial charge on any atom is 0.326 e. The number of hydrogen-bond acceptors (Lipinski definition) is 7. The minimum atomic E-state index is -0.634. The molecule has 0 atom stereocenters. The van der Waals surface area contributed by atoms with Crippen molar-refractivity contribution in [2.24, 2.45) is 0 Å². The van der Waals surface area contributed by atoms with Crippen molar-refractivity contribution in [3.63, 3.8) is 0 Å². The predicted molar refractivity (Wildman–Crippen MR) is 133 cm³/mol. The molecular formula is C23H21Br2NO6S. The van der Waals surface area contributed by atoms with Crippen LogP contribution in [0.3, 0.4) is 0 Å². The monoisotopic (exact) mass is 597 g/mol. The number of hydrogen-bond donors (Lipinski definition) is 0. The average Bonchev–Trinajstić information content (AvgIpc) is 3.00. The van der Waals surface area contributed by atoms with Crippen LogP contribution in [0.25, 0.3) is 6.08 Å². The zero-order valence-electron chi connectivity index (χ0n) is 18.1. The Morgan fingerprint density at radius 1 is 1.15 bits per heavy atom. The number of rotatable bonds is 8. The van der Waals surface area contributed by atoms with Gasteiger partial charge in [-0.15, -0.1) is 0 Å². The van der Waals surface area contributed by atoms with Crippen LogP contribution >= 0.6 is 43.6 Å². The van der Waals surface area contributed by atoms with E-state index in [0.29, 0.717) is 28.1 Å². The van der Waals surface area contributed by atoms with E-state index in [-0.39, 0.29) is 11.0 Å². The summed E-state index contributed by atoms with van der Waals surface area (Å²) in [5, 5.41) is -0.521. The second-order valence-electron chi connectivity index (χ2n) is 7.26. The molecule has 0 aromatic heterocycles. The van der Waals surface area contributed by atoms with Gasteiger partial charge in [0, 0.05) is 4.47 Å². The molecule has 0 N–H and O–H groups in total. The van der Waals surface area contributed by atoms with Gasteiger partial charge in [0.2, 0.25) is 0 Å². The first-order valence-electron chi connectivity index (χ1n) is 9.87. The summed E-state index contributed by atoms with van der Waals surface area (Å²) in [6, 6.07) is 11.2. The summed E-state index contributed by atoms with van der Waals surface area (Å²) in [6.45, 7) is 3.31. The molecule has 3 rings (SSSR count). The molecule has 0 bridgehead atoms. The molecule has 1 aliphatic heterocycles. The number of halogens is 2. The number of esters is 1. The van der Waals surface area contributed by atoms with E-state index in [4.69, 9.17) is 14.2 Å². The van der Waals surface area contributed by atoms with Crippen LogP contribution in [0.4, 0.5) is 4.79 Å². The summed E-state index contributed by atoms with van der Waals surface area (Å²) in [5.41, 5.74) is 1.62. The maximum atomic E-state index is 12.7. The lowest BCUT2D eigenvalue weighted by Crippen LogP contribution is -2.35. The highest BCUT2D eigenvalue weighted by Gasteiger charge is 2.36. The van der Waals surface area contributed by atoms with Crippen molar-refractivity contribution in [3.8, 4) is 11.5 Å². The second kappa shape index (κ2) is 11.2. The smallest absolute Gasteiger partial charge is 0.326 e. The van der Waals surface area contributed by atoms with Crippen molar-refractivity contribution >= 4 is 66.8 Å². The zero-order valence-corrected chi connectivity index (χ0v) is 22.1. The summed E-state index contributed by atoms with van der Waals surface area (Å²) >= 11 is 7.67. The molecule has 1 aliphatic rings. The third-order valence-electron chi connectivity index (χ3n) is 4.37. The van der Waals surface area contributed by atoms with Crippen molar-refractivity contribution in [3.05, 3.63) is 61.4 Å². The largest absolute Gasteiger partial charge is 0.493 e. The van der Waals surface area contributed by atoms with Crippen molar-refractivity contribution < 1.29 is 28.6 Å². The topological polar surface area (TPSA) is 82.1 Å². The number of ether oxygens (including phenoxy) is 3. The van der Waals surface area contributed by atoms with Crippen LogP contribution in [0, 0.1) is 0 Å². The normalized spacial score (nSPS) is 14.8. The molecule has 1 heterocycles. The van der Waals surface area contributed by atoms with Crippen LogP contribution in [-0.4, -0.2) is 41.8 Å². The lowest BCUT2D eigenvalue weighted by Gasteiger charge is -2.14. The zero-order chi connectivity index (χ0) is 24.1. The molecule has 1 fully saturated rings. The Morgan fingerprint density at radius 3 is 2.48 bits per heavy atom. The van der Waals surface area contributed by atoms with Gasteiger partial charge in [-0.1, -0.05) is 28.1 Å².